The molecule has 0 bridgehead atoms. The van der Waals surface area contributed by atoms with Gasteiger partial charge in [-0.2, -0.15) is 0 Å². The lowest BCUT2D eigenvalue weighted by atomic mass is 10.1. The number of nitrogens with one attached hydrogen (secondary N) is 1. The first-order chi connectivity index (χ1) is 7.13. The normalized spacial score (nSPS) is 12.1. The largest absolute Gasteiger partial charge is 0.370 e. The van der Waals surface area contributed by atoms with Crippen molar-refractivity contribution in [3.05, 3.63) is 35.4 Å². The lowest BCUT2D eigenvalue weighted by Crippen LogP contribution is -2.26. The summed E-state index contributed by atoms with van der Waals surface area (Å²) in [6.45, 7) is 2.62. The number of likely N-dealkylation sites (N-methyl/N-ethyl adjacent to an activating group) is 1. The molecule has 0 amide bonds. The second-order valence-corrected chi connectivity index (χ2v) is 3.52. The molecule has 0 aromatic heterocycles. The summed E-state index contributed by atoms with van der Waals surface area (Å²) in [6, 6.07) is 8.48. The summed E-state index contributed by atoms with van der Waals surface area (Å²) in [5.74, 6) is 0.127. The van der Waals surface area contributed by atoms with Gasteiger partial charge in [0.05, 0.1) is 12.6 Å². The second-order valence-electron chi connectivity index (χ2n) is 3.52. The number of aliphatic imine (C=N–C) groups is 1. The predicted octanol–water partition coefficient (Wildman–Crippen LogP) is 0.529. The predicted molar refractivity (Wildman–Crippen MR) is 63.7 cm³/mol. The molecule has 4 heteroatoms. The Balaban J connectivity index is 2.74. The Bertz CT molecular complexity index is 325. The van der Waals surface area contributed by atoms with Gasteiger partial charge >= 0.3 is 0 Å². The topological polar surface area (TPSA) is 76.4 Å². The summed E-state index contributed by atoms with van der Waals surface area (Å²) < 4.78 is 0. The Hall–Kier alpha value is -1.55. The number of hydrogen-bond acceptors (Lipinski definition) is 2. The highest BCUT2D eigenvalue weighted by molar-refractivity contribution is 5.75. The van der Waals surface area contributed by atoms with Crippen LogP contribution in [-0.2, 0) is 0 Å². The van der Waals surface area contributed by atoms with Crippen molar-refractivity contribution in [3.63, 3.8) is 0 Å². The van der Waals surface area contributed by atoms with Gasteiger partial charge in [-0.05, 0) is 19.5 Å². The molecule has 82 valence electrons. The van der Waals surface area contributed by atoms with E-state index in [0.717, 1.165) is 0 Å². The number of nitrogens with two attached hydrogens (primary N) is 2. The van der Waals surface area contributed by atoms with Crippen LogP contribution in [0.2, 0.25) is 0 Å². The molecule has 0 aliphatic heterocycles. The number of nitrogens with zero attached hydrogens (tertiary/aromatic N) is 1. The minimum absolute atomic E-state index is 0.127. The lowest BCUT2D eigenvalue weighted by molar-refractivity contribution is 0.606. The maximum absolute atomic E-state index is 5.30. The van der Waals surface area contributed by atoms with E-state index in [9.17, 15) is 0 Å². The summed E-state index contributed by atoms with van der Waals surface area (Å²) in [6.07, 6.45) is 0. The summed E-state index contributed by atoms with van der Waals surface area (Å²) in [5, 5.41) is 3.17. The summed E-state index contributed by atoms with van der Waals surface area (Å²) in [7, 11) is 1.90. The molecule has 0 aliphatic carbocycles. The minimum atomic E-state index is 0.127. The van der Waals surface area contributed by atoms with Crippen LogP contribution in [-0.4, -0.2) is 19.6 Å². The van der Waals surface area contributed by atoms with E-state index in [2.05, 4.69) is 41.5 Å². The monoisotopic (exact) mass is 206 g/mol. The first-order valence-corrected chi connectivity index (χ1v) is 4.92. The smallest absolute Gasteiger partial charge is 0.185 e. The van der Waals surface area contributed by atoms with Crippen LogP contribution in [0.5, 0.6) is 0 Å². The number of rotatable bonds is 4. The standard InChI is InChI=1S/C11H18N4/c1-8-3-5-9(6-4-8)10(14-2)7-15-11(12)13/h3-6,10,14H,7H2,1-2H3,(H4,12,13,15). The Labute approximate surface area is 90.4 Å². The van der Waals surface area contributed by atoms with E-state index in [1.807, 2.05) is 7.05 Å². The molecule has 1 atom stereocenters. The van der Waals surface area contributed by atoms with Crippen LogP contribution in [0.4, 0.5) is 0 Å². The SMILES string of the molecule is CNC(CN=C(N)N)c1ccc(C)cc1. The average Bonchev–Trinajstić information content (AvgIpc) is 2.21. The molecule has 1 unspecified atom stereocenters. The fourth-order valence-corrected chi connectivity index (χ4v) is 1.36. The molecule has 15 heavy (non-hydrogen) atoms. The van der Waals surface area contributed by atoms with Crippen molar-refractivity contribution >= 4 is 5.96 Å². The van der Waals surface area contributed by atoms with Crippen molar-refractivity contribution in [1.29, 1.82) is 0 Å². The third kappa shape index (κ3) is 3.59. The quantitative estimate of drug-likeness (QED) is 0.497. The number of benzene rings is 1. The van der Waals surface area contributed by atoms with Crippen LogP contribution in [0, 0.1) is 6.92 Å². The van der Waals surface area contributed by atoms with Crippen molar-refractivity contribution in [3.8, 4) is 0 Å². The zero-order valence-electron chi connectivity index (χ0n) is 9.20. The number of guanidine groups is 1. The van der Waals surface area contributed by atoms with Gasteiger partial charge in [-0.1, -0.05) is 29.8 Å². The van der Waals surface area contributed by atoms with Gasteiger partial charge in [0.25, 0.3) is 0 Å². The Morgan fingerprint density at radius 2 is 1.93 bits per heavy atom. The third-order valence-electron chi connectivity index (χ3n) is 2.28. The van der Waals surface area contributed by atoms with Gasteiger partial charge < -0.3 is 16.8 Å². The molecule has 0 radical (unpaired) electrons. The van der Waals surface area contributed by atoms with E-state index in [0.29, 0.717) is 6.54 Å². The van der Waals surface area contributed by atoms with Crippen LogP contribution < -0.4 is 16.8 Å². The molecule has 0 heterocycles. The van der Waals surface area contributed by atoms with E-state index >= 15 is 0 Å². The van der Waals surface area contributed by atoms with Crippen molar-refractivity contribution < 1.29 is 0 Å². The molecule has 1 aromatic rings. The van der Waals surface area contributed by atoms with Gasteiger partial charge in [0.1, 0.15) is 0 Å². The second kappa shape index (κ2) is 5.36. The van der Waals surface area contributed by atoms with Gasteiger partial charge in [-0.25, -0.2) is 0 Å². The van der Waals surface area contributed by atoms with Crippen LogP contribution >= 0.6 is 0 Å². The van der Waals surface area contributed by atoms with E-state index in [4.69, 9.17) is 11.5 Å². The highest BCUT2D eigenvalue weighted by atomic mass is 15.0. The van der Waals surface area contributed by atoms with Gasteiger partial charge in [0.2, 0.25) is 0 Å². The Morgan fingerprint density at radius 3 is 2.40 bits per heavy atom. The molecule has 5 N–H and O–H groups in total. The summed E-state index contributed by atoms with van der Waals surface area (Å²) in [4.78, 5) is 4.00. The van der Waals surface area contributed by atoms with Crippen molar-refractivity contribution in [1.82, 2.24) is 5.32 Å². The molecule has 4 nitrogen and oxygen atoms in total. The maximum atomic E-state index is 5.30. The molecule has 0 saturated heterocycles. The van der Waals surface area contributed by atoms with E-state index in [1.165, 1.54) is 11.1 Å². The first-order valence-electron chi connectivity index (χ1n) is 4.92. The zero-order chi connectivity index (χ0) is 11.3. The number of hydrogen-bond donors (Lipinski definition) is 3. The van der Waals surface area contributed by atoms with E-state index < -0.39 is 0 Å². The Morgan fingerprint density at radius 1 is 1.33 bits per heavy atom. The van der Waals surface area contributed by atoms with Crippen molar-refractivity contribution in [2.45, 2.75) is 13.0 Å². The maximum Gasteiger partial charge on any atom is 0.185 e. The number of aryl methyl sites for hydroxylation is 1. The van der Waals surface area contributed by atoms with Gasteiger partial charge in [0, 0.05) is 0 Å². The van der Waals surface area contributed by atoms with Crippen LogP contribution in [0.1, 0.15) is 17.2 Å². The highest BCUT2D eigenvalue weighted by Crippen LogP contribution is 2.13. The van der Waals surface area contributed by atoms with Crippen LogP contribution in [0.15, 0.2) is 29.3 Å². The highest BCUT2D eigenvalue weighted by Gasteiger charge is 2.07. The summed E-state index contributed by atoms with van der Waals surface area (Å²) >= 11 is 0. The zero-order valence-corrected chi connectivity index (χ0v) is 9.20. The van der Waals surface area contributed by atoms with Crippen LogP contribution in [0.25, 0.3) is 0 Å². The molecule has 0 fully saturated rings. The van der Waals surface area contributed by atoms with Gasteiger partial charge in [-0.15, -0.1) is 0 Å². The molecular formula is C11H18N4. The van der Waals surface area contributed by atoms with E-state index in [-0.39, 0.29) is 12.0 Å². The fourth-order valence-electron chi connectivity index (χ4n) is 1.36. The van der Waals surface area contributed by atoms with Gasteiger partial charge in [-0.3, -0.25) is 4.99 Å². The molecule has 0 saturated carbocycles. The average molecular weight is 206 g/mol. The molecule has 1 aromatic carbocycles. The van der Waals surface area contributed by atoms with Crippen molar-refractivity contribution in [2.24, 2.45) is 16.5 Å². The molecule has 0 aliphatic rings. The molecule has 0 spiro atoms. The molecular weight excluding hydrogens is 188 g/mol. The van der Waals surface area contributed by atoms with E-state index in [1.54, 1.807) is 0 Å². The van der Waals surface area contributed by atoms with Crippen molar-refractivity contribution in [2.75, 3.05) is 13.6 Å². The minimum Gasteiger partial charge on any atom is -0.370 e. The van der Waals surface area contributed by atoms with Crippen LogP contribution in [0.3, 0.4) is 0 Å². The third-order valence-corrected chi connectivity index (χ3v) is 2.28. The molecule has 1 rings (SSSR count). The fraction of sp³-hybridized carbons (Fsp3) is 0.364. The summed E-state index contributed by atoms with van der Waals surface area (Å²) in [5.41, 5.74) is 13.0. The lowest BCUT2D eigenvalue weighted by Gasteiger charge is -2.14. The first kappa shape index (κ1) is 11.5. The van der Waals surface area contributed by atoms with Gasteiger partial charge in [0.15, 0.2) is 5.96 Å². The Kier molecular flexibility index (Phi) is 4.12.